The molecular formula is C21H22F2N2O3. The van der Waals surface area contributed by atoms with Crippen LogP contribution in [-0.4, -0.2) is 31.6 Å². The predicted molar refractivity (Wildman–Crippen MR) is 99.4 cm³/mol. The lowest BCUT2D eigenvalue weighted by Gasteiger charge is -2.37. The zero-order valence-corrected chi connectivity index (χ0v) is 15.3. The van der Waals surface area contributed by atoms with E-state index in [1.165, 1.54) is 24.3 Å². The van der Waals surface area contributed by atoms with E-state index in [-0.39, 0.29) is 24.7 Å². The van der Waals surface area contributed by atoms with Crippen LogP contribution in [0.15, 0.2) is 48.5 Å². The fraction of sp³-hybridized carbons (Fsp3) is 0.333. The number of benzene rings is 2. The number of carbonyl (C=O) groups is 2. The van der Waals surface area contributed by atoms with Crippen LogP contribution in [0.2, 0.25) is 0 Å². The van der Waals surface area contributed by atoms with Crippen molar-refractivity contribution in [1.29, 1.82) is 0 Å². The van der Waals surface area contributed by atoms with Gasteiger partial charge in [0.25, 0.3) is 0 Å². The lowest BCUT2D eigenvalue weighted by atomic mass is 9.74. The molecule has 1 fully saturated rings. The molecule has 1 heterocycles. The van der Waals surface area contributed by atoms with Gasteiger partial charge in [-0.15, -0.1) is 0 Å². The molecule has 1 aliphatic heterocycles. The maximum absolute atomic E-state index is 13.3. The summed E-state index contributed by atoms with van der Waals surface area (Å²) in [6.07, 6.45) is 1.33. The first kappa shape index (κ1) is 19.9. The predicted octanol–water partition coefficient (Wildman–Crippen LogP) is 2.45. The second kappa shape index (κ2) is 8.93. The zero-order chi connectivity index (χ0) is 20.0. The molecule has 0 bridgehead atoms. The smallest absolute Gasteiger partial charge is 0.309 e. The summed E-state index contributed by atoms with van der Waals surface area (Å²) in [5, 5.41) is 5.21. The van der Waals surface area contributed by atoms with Crippen LogP contribution in [-0.2, 0) is 26.3 Å². The number of amides is 2. The Labute approximate surface area is 162 Å². The van der Waals surface area contributed by atoms with Crippen LogP contribution in [0, 0.1) is 11.6 Å². The van der Waals surface area contributed by atoms with Crippen molar-refractivity contribution in [3.63, 3.8) is 0 Å². The molecule has 0 spiro atoms. The highest BCUT2D eigenvalue weighted by atomic mass is 19.1. The van der Waals surface area contributed by atoms with E-state index < -0.39 is 17.2 Å². The lowest BCUT2D eigenvalue weighted by molar-refractivity contribution is -0.139. The van der Waals surface area contributed by atoms with Crippen molar-refractivity contribution < 1.29 is 23.1 Å². The number of carbonyl (C=O) groups excluding carboxylic acids is 2. The highest BCUT2D eigenvalue weighted by Crippen LogP contribution is 2.34. The van der Waals surface area contributed by atoms with Gasteiger partial charge in [-0.1, -0.05) is 24.3 Å². The highest BCUT2D eigenvalue weighted by Gasteiger charge is 2.35. The molecule has 0 unspecified atom stereocenters. The molecule has 5 nitrogen and oxygen atoms in total. The summed E-state index contributed by atoms with van der Waals surface area (Å²) in [4.78, 5) is 24.3. The van der Waals surface area contributed by atoms with Crippen molar-refractivity contribution >= 4 is 11.8 Å². The molecule has 1 saturated heterocycles. The van der Waals surface area contributed by atoms with E-state index in [1.807, 2.05) is 0 Å². The third kappa shape index (κ3) is 4.92. The molecule has 28 heavy (non-hydrogen) atoms. The van der Waals surface area contributed by atoms with Crippen molar-refractivity contribution in [3.8, 4) is 0 Å². The summed E-state index contributed by atoms with van der Waals surface area (Å²) in [6.45, 7) is 1.45. The van der Waals surface area contributed by atoms with Gasteiger partial charge < -0.3 is 15.4 Å². The zero-order valence-electron chi connectivity index (χ0n) is 15.3. The third-order valence-corrected chi connectivity index (χ3v) is 5.07. The van der Waals surface area contributed by atoms with E-state index in [1.54, 1.807) is 24.3 Å². The molecule has 3 rings (SSSR count). The van der Waals surface area contributed by atoms with E-state index in [0.29, 0.717) is 31.6 Å². The first-order valence-electron chi connectivity index (χ1n) is 9.13. The van der Waals surface area contributed by atoms with Gasteiger partial charge in [-0.05, 0) is 48.2 Å². The largest absolute Gasteiger partial charge is 0.381 e. The Balaban J connectivity index is 1.59. The van der Waals surface area contributed by atoms with Crippen LogP contribution < -0.4 is 10.6 Å². The maximum atomic E-state index is 13.3. The van der Waals surface area contributed by atoms with Crippen LogP contribution in [0.4, 0.5) is 8.78 Å². The molecule has 148 valence electrons. The van der Waals surface area contributed by atoms with Crippen molar-refractivity contribution in [1.82, 2.24) is 10.6 Å². The Morgan fingerprint density at radius 1 is 0.857 bits per heavy atom. The molecule has 0 radical (unpaired) electrons. The van der Waals surface area contributed by atoms with Gasteiger partial charge in [-0.2, -0.15) is 0 Å². The highest BCUT2D eigenvalue weighted by molar-refractivity contribution is 6.35. The minimum absolute atomic E-state index is 0.128. The van der Waals surface area contributed by atoms with Gasteiger partial charge in [0, 0.05) is 31.7 Å². The first-order valence-corrected chi connectivity index (χ1v) is 9.13. The Bertz CT molecular complexity index is 817. The average molecular weight is 388 g/mol. The molecule has 2 amide bonds. The fourth-order valence-electron chi connectivity index (χ4n) is 3.33. The summed E-state index contributed by atoms with van der Waals surface area (Å²) in [5.41, 5.74) is 1.19. The van der Waals surface area contributed by atoms with Crippen molar-refractivity contribution in [2.75, 3.05) is 19.8 Å². The number of ether oxygens (including phenoxy) is 1. The number of rotatable bonds is 5. The average Bonchev–Trinajstić information content (AvgIpc) is 2.72. The number of nitrogens with one attached hydrogen (secondary N) is 2. The third-order valence-electron chi connectivity index (χ3n) is 5.07. The standard InChI is InChI=1S/C21H22F2N2O3/c22-17-5-1-15(2-6-17)13-24-19(26)20(27)25-14-21(9-11-28-12-10-21)16-3-7-18(23)8-4-16/h1-8H,9-14H2,(H,24,26)(H,25,27). The monoisotopic (exact) mass is 388 g/mol. The van der Waals surface area contributed by atoms with Crippen LogP contribution in [0.25, 0.3) is 0 Å². The fourth-order valence-corrected chi connectivity index (χ4v) is 3.33. The van der Waals surface area contributed by atoms with E-state index in [2.05, 4.69) is 10.6 Å². The minimum atomic E-state index is -0.759. The SMILES string of the molecule is O=C(NCc1ccc(F)cc1)C(=O)NCC1(c2ccc(F)cc2)CCOCC1. The van der Waals surface area contributed by atoms with Gasteiger partial charge in [0.1, 0.15) is 11.6 Å². The Morgan fingerprint density at radius 3 is 2.00 bits per heavy atom. The second-order valence-electron chi connectivity index (χ2n) is 6.89. The molecular weight excluding hydrogens is 366 g/mol. The van der Waals surface area contributed by atoms with Crippen molar-refractivity contribution in [2.24, 2.45) is 0 Å². The molecule has 2 aromatic rings. The number of hydrogen-bond acceptors (Lipinski definition) is 3. The van der Waals surface area contributed by atoms with Gasteiger partial charge in [0.05, 0.1) is 0 Å². The summed E-state index contributed by atoms with van der Waals surface area (Å²) < 4.78 is 31.6. The summed E-state index contributed by atoms with van der Waals surface area (Å²) in [7, 11) is 0. The molecule has 0 atom stereocenters. The van der Waals surface area contributed by atoms with Crippen LogP contribution in [0.5, 0.6) is 0 Å². The first-order chi connectivity index (χ1) is 13.5. The normalized spacial score (nSPS) is 15.6. The molecule has 7 heteroatoms. The van der Waals surface area contributed by atoms with Crippen LogP contribution in [0.1, 0.15) is 24.0 Å². The molecule has 0 aromatic heterocycles. The van der Waals surface area contributed by atoms with Crippen LogP contribution >= 0.6 is 0 Å². The van der Waals surface area contributed by atoms with E-state index in [4.69, 9.17) is 4.74 Å². The molecule has 1 aliphatic rings. The van der Waals surface area contributed by atoms with Crippen molar-refractivity contribution in [3.05, 3.63) is 71.3 Å². The number of halogens is 2. The molecule has 0 saturated carbocycles. The van der Waals surface area contributed by atoms with Gasteiger partial charge in [-0.3, -0.25) is 9.59 Å². The van der Waals surface area contributed by atoms with Gasteiger partial charge in [-0.25, -0.2) is 8.78 Å². The van der Waals surface area contributed by atoms with Crippen LogP contribution in [0.3, 0.4) is 0 Å². The number of hydrogen-bond donors (Lipinski definition) is 2. The molecule has 2 aromatic carbocycles. The second-order valence-corrected chi connectivity index (χ2v) is 6.89. The summed E-state index contributed by atoms with van der Waals surface area (Å²) >= 11 is 0. The van der Waals surface area contributed by atoms with E-state index >= 15 is 0 Å². The molecule has 2 N–H and O–H groups in total. The Kier molecular flexibility index (Phi) is 6.36. The lowest BCUT2D eigenvalue weighted by Crippen LogP contribution is -2.48. The molecule has 0 aliphatic carbocycles. The summed E-state index contributed by atoms with van der Waals surface area (Å²) in [5.74, 6) is -2.19. The Hall–Kier alpha value is -2.80. The Morgan fingerprint density at radius 2 is 1.39 bits per heavy atom. The maximum Gasteiger partial charge on any atom is 0.309 e. The van der Waals surface area contributed by atoms with E-state index in [9.17, 15) is 18.4 Å². The quantitative estimate of drug-likeness (QED) is 0.774. The van der Waals surface area contributed by atoms with Crippen molar-refractivity contribution in [2.45, 2.75) is 24.8 Å². The minimum Gasteiger partial charge on any atom is -0.381 e. The van der Waals surface area contributed by atoms with Gasteiger partial charge in [0.15, 0.2) is 0 Å². The summed E-state index contributed by atoms with van der Waals surface area (Å²) in [6, 6.07) is 11.9. The van der Waals surface area contributed by atoms with Gasteiger partial charge >= 0.3 is 11.8 Å². The van der Waals surface area contributed by atoms with Gasteiger partial charge in [0.2, 0.25) is 0 Å². The topological polar surface area (TPSA) is 67.4 Å². The van der Waals surface area contributed by atoms with E-state index in [0.717, 1.165) is 5.56 Å².